The number of nitrogens with zero attached hydrogens (tertiary/aromatic N) is 2. The van der Waals surface area contributed by atoms with Gasteiger partial charge in [0, 0.05) is 5.69 Å². The Morgan fingerprint density at radius 3 is 2.21 bits per heavy atom. The van der Waals surface area contributed by atoms with Crippen LogP contribution >= 0.6 is 0 Å². The van der Waals surface area contributed by atoms with E-state index in [1.165, 1.54) is 24.3 Å². The summed E-state index contributed by atoms with van der Waals surface area (Å²) >= 11 is 0. The minimum Gasteiger partial charge on any atom is -0.322 e. The third-order valence-electron chi connectivity index (χ3n) is 3.72. The van der Waals surface area contributed by atoms with Crippen molar-refractivity contribution in [3.8, 4) is 0 Å². The Morgan fingerprint density at radius 2 is 1.46 bits per heavy atom. The topological polar surface area (TPSA) is 54.9 Å². The van der Waals surface area contributed by atoms with Gasteiger partial charge in [-0.3, -0.25) is 4.79 Å². The first-order valence-electron chi connectivity index (χ1n) is 7.43. The second-order valence-electron chi connectivity index (χ2n) is 5.35. The SMILES string of the molecule is O=C(Nc1ccc(F)cc1)c1cccc2nc3ccccc3nc12. The summed E-state index contributed by atoms with van der Waals surface area (Å²) in [4.78, 5) is 21.7. The van der Waals surface area contributed by atoms with Crippen LogP contribution in [-0.2, 0) is 0 Å². The number of carbonyl (C=O) groups excluding carboxylic acids is 1. The van der Waals surface area contributed by atoms with Crippen molar-refractivity contribution in [2.24, 2.45) is 0 Å². The summed E-state index contributed by atoms with van der Waals surface area (Å²) in [7, 11) is 0. The zero-order chi connectivity index (χ0) is 16.5. The van der Waals surface area contributed by atoms with Crippen LogP contribution in [0.2, 0.25) is 0 Å². The molecule has 0 aliphatic carbocycles. The maximum Gasteiger partial charge on any atom is 0.257 e. The van der Waals surface area contributed by atoms with Gasteiger partial charge in [-0.2, -0.15) is 0 Å². The van der Waals surface area contributed by atoms with Crippen molar-refractivity contribution in [3.05, 3.63) is 78.1 Å². The van der Waals surface area contributed by atoms with Crippen molar-refractivity contribution in [1.82, 2.24) is 9.97 Å². The Balaban J connectivity index is 1.79. The zero-order valence-corrected chi connectivity index (χ0v) is 12.5. The van der Waals surface area contributed by atoms with Gasteiger partial charge in [0.15, 0.2) is 0 Å². The Morgan fingerprint density at radius 1 is 0.792 bits per heavy atom. The molecular weight excluding hydrogens is 305 g/mol. The predicted octanol–water partition coefficient (Wildman–Crippen LogP) is 4.17. The highest BCUT2D eigenvalue weighted by Gasteiger charge is 2.13. The maximum atomic E-state index is 13.0. The number of benzene rings is 3. The molecule has 0 unspecified atom stereocenters. The Hall–Kier alpha value is -3.34. The molecule has 1 N–H and O–H groups in total. The van der Waals surface area contributed by atoms with Gasteiger partial charge in [0.05, 0.1) is 22.1 Å². The van der Waals surface area contributed by atoms with Gasteiger partial charge >= 0.3 is 0 Å². The number of nitrogens with one attached hydrogen (secondary N) is 1. The first kappa shape index (κ1) is 14.3. The zero-order valence-electron chi connectivity index (χ0n) is 12.5. The van der Waals surface area contributed by atoms with Crippen LogP contribution in [-0.4, -0.2) is 15.9 Å². The number of hydrogen-bond donors (Lipinski definition) is 1. The average molecular weight is 317 g/mol. The lowest BCUT2D eigenvalue weighted by molar-refractivity contribution is 0.102. The molecule has 0 aliphatic heterocycles. The van der Waals surface area contributed by atoms with Crippen LogP contribution in [0.4, 0.5) is 10.1 Å². The number of para-hydroxylation sites is 3. The Kier molecular flexibility index (Phi) is 3.39. The summed E-state index contributed by atoms with van der Waals surface area (Å²) in [6.07, 6.45) is 0. The number of carbonyl (C=O) groups is 1. The quantitative estimate of drug-likeness (QED) is 0.564. The molecule has 116 valence electrons. The van der Waals surface area contributed by atoms with Crippen LogP contribution in [0.3, 0.4) is 0 Å². The van der Waals surface area contributed by atoms with E-state index >= 15 is 0 Å². The minimum absolute atomic E-state index is 0.309. The van der Waals surface area contributed by atoms with Gasteiger partial charge in [-0.15, -0.1) is 0 Å². The van der Waals surface area contributed by atoms with Crippen LogP contribution in [0.25, 0.3) is 22.1 Å². The highest BCUT2D eigenvalue weighted by Crippen LogP contribution is 2.20. The molecule has 1 heterocycles. The van der Waals surface area contributed by atoms with E-state index in [0.717, 1.165) is 11.0 Å². The van der Waals surface area contributed by atoms with Gasteiger partial charge in [0.2, 0.25) is 0 Å². The van der Waals surface area contributed by atoms with Crippen LogP contribution < -0.4 is 5.32 Å². The number of halogens is 1. The summed E-state index contributed by atoms with van der Waals surface area (Å²) in [5.41, 5.74) is 3.65. The van der Waals surface area contributed by atoms with Gasteiger partial charge in [0.25, 0.3) is 5.91 Å². The van der Waals surface area contributed by atoms with Gasteiger partial charge in [-0.05, 0) is 48.5 Å². The molecule has 24 heavy (non-hydrogen) atoms. The normalized spacial score (nSPS) is 10.9. The number of rotatable bonds is 2. The Bertz CT molecular complexity index is 1060. The lowest BCUT2D eigenvalue weighted by Gasteiger charge is -2.08. The molecule has 0 bridgehead atoms. The Labute approximate surface area is 137 Å². The standard InChI is InChI=1S/C19H12FN3O/c20-12-8-10-13(11-9-12)21-19(24)14-4-3-7-17-18(14)23-16-6-2-1-5-15(16)22-17/h1-11H,(H,21,24). The molecule has 0 aliphatic rings. The van der Waals surface area contributed by atoms with E-state index in [4.69, 9.17) is 0 Å². The van der Waals surface area contributed by atoms with Crippen LogP contribution in [0.5, 0.6) is 0 Å². The first-order valence-corrected chi connectivity index (χ1v) is 7.43. The second kappa shape index (κ2) is 5.70. The first-order chi connectivity index (χ1) is 11.7. The number of fused-ring (bicyclic) bond motifs is 2. The monoisotopic (exact) mass is 317 g/mol. The van der Waals surface area contributed by atoms with Crippen LogP contribution in [0.15, 0.2) is 66.7 Å². The fourth-order valence-electron chi connectivity index (χ4n) is 2.56. The summed E-state index contributed by atoms with van der Waals surface area (Å²) < 4.78 is 13.0. The van der Waals surface area contributed by atoms with E-state index in [1.807, 2.05) is 30.3 Å². The number of hydrogen-bond acceptors (Lipinski definition) is 3. The van der Waals surface area contributed by atoms with E-state index in [-0.39, 0.29) is 11.7 Å². The molecule has 0 saturated heterocycles. The molecule has 5 heteroatoms. The van der Waals surface area contributed by atoms with Crippen molar-refractivity contribution in [2.45, 2.75) is 0 Å². The van der Waals surface area contributed by atoms with E-state index in [2.05, 4.69) is 15.3 Å². The molecule has 4 nitrogen and oxygen atoms in total. The van der Waals surface area contributed by atoms with Gasteiger partial charge in [-0.25, -0.2) is 14.4 Å². The summed E-state index contributed by atoms with van der Waals surface area (Å²) in [6, 6.07) is 18.4. The molecular formula is C19H12FN3O. The molecule has 0 radical (unpaired) electrons. The van der Waals surface area contributed by atoms with Crippen LogP contribution in [0, 0.1) is 5.82 Å². The van der Waals surface area contributed by atoms with Crippen molar-refractivity contribution >= 4 is 33.7 Å². The van der Waals surface area contributed by atoms with E-state index in [0.29, 0.717) is 22.3 Å². The fourth-order valence-corrected chi connectivity index (χ4v) is 2.56. The third kappa shape index (κ3) is 2.56. The van der Waals surface area contributed by atoms with E-state index in [9.17, 15) is 9.18 Å². The number of anilines is 1. The van der Waals surface area contributed by atoms with Crippen molar-refractivity contribution in [2.75, 3.05) is 5.32 Å². The lowest BCUT2D eigenvalue weighted by Crippen LogP contribution is -2.13. The summed E-state index contributed by atoms with van der Waals surface area (Å²) in [5, 5.41) is 2.75. The molecule has 1 amide bonds. The molecule has 4 aromatic rings. The van der Waals surface area contributed by atoms with E-state index in [1.54, 1.807) is 12.1 Å². The molecule has 0 atom stereocenters. The minimum atomic E-state index is -0.351. The summed E-state index contributed by atoms with van der Waals surface area (Å²) in [5.74, 6) is -0.660. The van der Waals surface area contributed by atoms with E-state index < -0.39 is 0 Å². The molecule has 3 aromatic carbocycles. The van der Waals surface area contributed by atoms with Gasteiger partial charge in [-0.1, -0.05) is 18.2 Å². The smallest absolute Gasteiger partial charge is 0.257 e. The highest BCUT2D eigenvalue weighted by atomic mass is 19.1. The average Bonchev–Trinajstić information content (AvgIpc) is 2.61. The molecule has 4 rings (SSSR count). The highest BCUT2D eigenvalue weighted by molar-refractivity contribution is 6.12. The van der Waals surface area contributed by atoms with Crippen molar-refractivity contribution in [3.63, 3.8) is 0 Å². The van der Waals surface area contributed by atoms with Crippen molar-refractivity contribution in [1.29, 1.82) is 0 Å². The number of aromatic nitrogens is 2. The molecule has 0 spiro atoms. The number of amides is 1. The summed E-state index contributed by atoms with van der Waals surface area (Å²) in [6.45, 7) is 0. The largest absolute Gasteiger partial charge is 0.322 e. The lowest BCUT2D eigenvalue weighted by atomic mass is 10.1. The van der Waals surface area contributed by atoms with Crippen LogP contribution in [0.1, 0.15) is 10.4 Å². The third-order valence-corrected chi connectivity index (χ3v) is 3.72. The van der Waals surface area contributed by atoms with Gasteiger partial charge < -0.3 is 5.32 Å². The molecule has 1 aromatic heterocycles. The maximum absolute atomic E-state index is 13.0. The fraction of sp³-hybridized carbons (Fsp3) is 0. The second-order valence-corrected chi connectivity index (χ2v) is 5.35. The van der Waals surface area contributed by atoms with Crippen molar-refractivity contribution < 1.29 is 9.18 Å². The molecule has 0 saturated carbocycles. The van der Waals surface area contributed by atoms with Gasteiger partial charge in [0.1, 0.15) is 11.3 Å². The molecule has 0 fully saturated rings. The predicted molar refractivity (Wildman–Crippen MR) is 91.4 cm³/mol.